The first kappa shape index (κ1) is 15.3. The van der Waals surface area contributed by atoms with Crippen LogP contribution in [0.3, 0.4) is 0 Å². The van der Waals surface area contributed by atoms with Crippen LogP contribution in [-0.2, 0) is 10.0 Å². The Bertz CT molecular complexity index is 597. The van der Waals surface area contributed by atoms with Crippen molar-refractivity contribution >= 4 is 10.0 Å². The third kappa shape index (κ3) is 2.82. The lowest BCUT2D eigenvalue weighted by Gasteiger charge is -2.26. The van der Waals surface area contributed by atoms with Gasteiger partial charge in [-0.2, -0.15) is 0 Å². The number of benzene rings is 1. The molecule has 1 aliphatic heterocycles. The maximum atomic E-state index is 12.4. The average molecular weight is 298 g/mol. The topological polar surface area (TPSA) is 81.4 Å². The lowest BCUT2D eigenvalue weighted by molar-refractivity contribution is 0.261. The quantitative estimate of drug-likeness (QED) is 0.889. The zero-order valence-electron chi connectivity index (χ0n) is 12.1. The number of nitrogens with two attached hydrogens (primary N) is 1. The van der Waals surface area contributed by atoms with Gasteiger partial charge in [0, 0.05) is 24.6 Å². The highest BCUT2D eigenvalue weighted by Crippen LogP contribution is 2.38. The van der Waals surface area contributed by atoms with E-state index in [1.165, 1.54) is 0 Å². The minimum Gasteiger partial charge on any atom is -0.492 e. The number of nitrogens with one attached hydrogen (secondary N) is 1. The molecule has 112 valence electrons. The van der Waals surface area contributed by atoms with Gasteiger partial charge in [0.1, 0.15) is 10.6 Å². The second-order valence-corrected chi connectivity index (χ2v) is 7.07. The summed E-state index contributed by atoms with van der Waals surface area (Å²) in [5.74, 6) is 0.638. The molecule has 6 heteroatoms. The van der Waals surface area contributed by atoms with Crippen LogP contribution in [0.4, 0.5) is 0 Å². The highest BCUT2D eigenvalue weighted by atomic mass is 32.2. The monoisotopic (exact) mass is 298 g/mol. The van der Waals surface area contributed by atoms with Gasteiger partial charge in [0.15, 0.2) is 0 Å². The molecule has 1 atom stereocenters. The molecule has 3 N–H and O–H groups in total. The van der Waals surface area contributed by atoms with Crippen LogP contribution < -0.4 is 15.2 Å². The van der Waals surface area contributed by atoms with Gasteiger partial charge in [-0.1, -0.05) is 26.8 Å². The van der Waals surface area contributed by atoms with E-state index >= 15 is 0 Å². The van der Waals surface area contributed by atoms with E-state index in [-0.39, 0.29) is 16.9 Å². The van der Waals surface area contributed by atoms with Gasteiger partial charge < -0.3 is 10.5 Å². The van der Waals surface area contributed by atoms with Crippen molar-refractivity contribution in [3.63, 3.8) is 0 Å². The smallest absolute Gasteiger partial charge is 0.244 e. The van der Waals surface area contributed by atoms with Crippen LogP contribution in [-0.4, -0.2) is 21.6 Å². The highest BCUT2D eigenvalue weighted by Gasteiger charge is 2.28. The molecule has 0 saturated carbocycles. The van der Waals surface area contributed by atoms with Crippen LogP contribution in [0, 0.1) is 0 Å². The summed E-state index contributed by atoms with van der Waals surface area (Å²) in [5.41, 5.74) is 7.86. The fraction of sp³-hybridized carbons (Fsp3) is 0.571. The molecule has 1 heterocycles. The van der Waals surface area contributed by atoms with E-state index in [1.807, 2.05) is 19.9 Å². The zero-order valence-corrected chi connectivity index (χ0v) is 13.0. The molecule has 5 nitrogen and oxygen atoms in total. The second kappa shape index (κ2) is 5.71. The lowest BCUT2D eigenvalue weighted by atomic mass is 9.94. The maximum absolute atomic E-state index is 12.4. The lowest BCUT2D eigenvalue weighted by Crippen LogP contribution is -2.27. The van der Waals surface area contributed by atoms with Gasteiger partial charge in [0.05, 0.1) is 6.61 Å². The molecule has 1 aromatic carbocycles. The molecular weight excluding hydrogens is 276 g/mol. The molecule has 20 heavy (non-hydrogen) atoms. The molecule has 0 aliphatic carbocycles. The van der Waals surface area contributed by atoms with Gasteiger partial charge in [0.2, 0.25) is 10.0 Å². The first-order chi connectivity index (χ1) is 9.36. The first-order valence-electron chi connectivity index (χ1n) is 6.92. The number of hydrogen-bond acceptors (Lipinski definition) is 4. The molecule has 0 bridgehead atoms. The van der Waals surface area contributed by atoms with E-state index in [1.54, 1.807) is 13.0 Å². The molecule has 0 saturated heterocycles. The Morgan fingerprint density at radius 3 is 2.75 bits per heavy atom. The first-order valence-corrected chi connectivity index (χ1v) is 8.41. The Balaban J connectivity index is 2.66. The van der Waals surface area contributed by atoms with Crippen LogP contribution in [0.15, 0.2) is 17.0 Å². The third-order valence-corrected chi connectivity index (χ3v) is 5.02. The standard InChI is InChI=1S/C14H22N2O3S/c1-4-16-20(17,18)13-8-10(9(2)3)7-11-12(15)5-6-19-14(11)13/h7-9,12,16H,4-6,15H2,1-3H3. The molecule has 0 amide bonds. The third-order valence-electron chi connectivity index (χ3n) is 3.47. The van der Waals surface area contributed by atoms with E-state index in [9.17, 15) is 8.42 Å². The van der Waals surface area contributed by atoms with Crippen molar-refractivity contribution in [3.05, 3.63) is 23.3 Å². The SMILES string of the molecule is CCNS(=O)(=O)c1cc(C(C)C)cc2c1OCCC2N. The molecule has 0 fully saturated rings. The van der Waals surface area contributed by atoms with Crippen molar-refractivity contribution in [2.24, 2.45) is 5.73 Å². The van der Waals surface area contributed by atoms with Gasteiger partial charge in [0.25, 0.3) is 0 Å². The van der Waals surface area contributed by atoms with Gasteiger partial charge >= 0.3 is 0 Å². The molecule has 0 spiro atoms. The average Bonchev–Trinajstić information content (AvgIpc) is 2.38. The fourth-order valence-corrected chi connectivity index (χ4v) is 3.57. The van der Waals surface area contributed by atoms with Crippen LogP contribution in [0.5, 0.6) is 5.75 Å². The Labute approximate surface area is 120 Å². The number of ether oxygens (including phenoxy) is 1. The Morgan fingerprint density at radius 2 is 2.15 bits per heavy atom. The van der Waals surface area contributed by atoms with Crippen molar-refractivity contribution in [1.29, 1.82) is 0 Å². The number of sulfonamides is 1. The highest BCUT2D eigenvalue weighted by molar-refractivity contribution is 7.89. The minimum absolute atomic E-state index is 0.173. The maximum Gasteiger partial charge on any atom is 0.244 e. The van der Waals surface area contributed by atoms with Gasteiger partial charge in [-0.25, -0.2) is 13.1 Å². The van der Waals surface area contributed by atoms with E-state index in [2.05, 4.69) is 4.72 Å². The molecule has 1 unspecified atom stereocenters. The van der Waals surface area contributed by atoms with Crippen molar-refractivity contribution in [3.8, 4) is 5.75 Å². The van der Waals surface area contributed by atoms with E-state index in [0.29, 0.717) is 25.3 Å². The van der Waals surface area contributed by atoms with E-state index in [0.717, 1.165) is 11.1 Å². The Kier molecular flexibility index (Phi) is 4.36. The molecule has 2 rings (SSSR count). The fourth-order valence-electron chi connectivity index (χ4n) is 2.32. The van der Waals surface area contributed by atoms with E-state index < -0.39 is 10.0 Å². The molecule has 1 aliphatic rings. The minimum atomic E-state index is -3.56. The van der Waals surface area contributed by atoms with Gasteiger partial charge in [-0.05, 0) is 17.5 Å². The van der Waals surface area contributed by atoms with Crippen LogP contribution in [0.25, 0.3) is 0 Å². The molecule has 0 radical (unpaired) electrons. The van der Waals surface area contributed by atoms with E-state index in [4.69, 9.17) is 10.5 Å². The van der Waals surface area contributed by atoms with Crippen molar-refractivity contribution in [2.75, 3.05) is 13.2 Å². The summed E-state index contributed by atoms with van der Waals surface area (Å²) in [6.07, 6.45) is 0.704. The molecule has 0 aromatic heterocycles. The number of fused-ring (bicyclic) bond motifs is 1. The van der Waals surface area contributed by atoms with Crippen LogP contribution >= 0.6 is 0 Å². The van der Waals surface area contributed by atoms with Crippen molar-refractivity contribution in [2.45, 2.75) is 44.0 Å². The van der Waals surface area contributed by atoms with Crippen LogP contribution in [0.2, 0.25) is 0 Å². The van der Waals surface area contributed by atoms with Gasteiger partial charge in [-0.3, -0.25) is 0 Å². The molecule has 1 aromatic rings. The van der Waals surface area contributed by atoms with Crippen LogP contribution in [0.1, 0.15) is 50.3 Å². The molecular formula is C14H22N2O3S. The van der Waals surface area contributed by atoms with Crippen molar-refractivity contribution in [1.82, 2.24) is 4.72 Å². The van der Waals surface area contributed by atoms with Crippen molar-refractivity contribution < 1.29 is 13.2 Å². The number of rotatable bonds is 4. The Morgan fingerprint density at radius 1 is 1.45 bits per heavy atom. The zero-order chi connectivity index (χ0) is 14.9. The summed E-state index contributed by atoms with van der Waals surface area (Å²) >= 11 is 0. The predicted octanol–water partition coefficient (Wildman–Crippen LogP) is 1.89. The summed E-state index contributed by atoms with van der Waals surface area (Å²) < 4.78 is 32.8. The summed E-state index contributed by atoms with van der Waals surface area (Å²) in [4.78, 5) is 0.204. The normalized spacial score (nSPS) is 18.8. The largest absolute Gasteiger partial charge is 0.492 e. The van der Waals surface area contributed by atoms with Gasteiger partial charge in [-0.15, -0.1) is 0 Å². The summed E-state index contributed by atoms with van der Waals surface area (Å²) in [6.45, 7) is 6.60. The summed E-state index contributed by atoms with van der Waals surface area (Å²) in [6, 6.07) is 3.49. The summed E-state index contributed by atoms with van der Waals surface area (Å²) in [5, 5.41) is 0. The Hall–Kier alpha value is -1.11. The number of hydrogen-bond donors (Lipinski definition) is 2. The second-order valence-electron chi connectivity index (χ2n) is 5.34. The summed E-state index contributed by atoms with van der Waals surface area (Å²) in [7, 11) is -3.56. The predicted molar refractivity (Wildman–Crippen MR) is 78.4 cm³/mol.